The molecule has 108 valence electrons. The number of hydrogen-bond acceptors (Lipinski definition) is 4. The standard InChI is InChI=1S/C12H13BrFN3O3/c13-7-1-2-9(14)8(5-7)12(18)17-3-4-20-10(6-17)11(15)16-19/h1-2,5,10,19H,3-4,6H2,(H2,15,16). The Kier molecular flexibility index (Phi) is 4.56. The van der Waals surface area contributed by atoms with Crippen LogP contribution in [0.2, 0.25) is 0 Å². The second-order valence-electron chi connectivity index (χ2n) is 4.26. The molecule has 0 bridgehead atoms. The monoisotopic (exact) mass is 345 g/mol. The van der Waals surface area contributed by atoms with Crippen LogP contribution in [0.1, 0.15) is 10.4 Å². The molecule has 0 spiro atoms. The highest BCUT2D eigenvalue weighted by Crippen LogP contribution is 2.18. The summed E-state index contributed by atoms with van der Waals surface area (Å²) in [5.74, 6) is -1.16. The molecular formula is C12H13BrFN3O3. The minimum atomic E-state index is -0.687. The average molecular weight is 346 g/mol. The predicted molar refractivity (Wildman–Crippen MR) is 73.2 cm³/mol. The number of carbonyl (C=O) groups excluding carboxylic acids is 1. The van der Waals surface area contributed by atoms with Gasteiger partial charge in [0.25, 0.3) is 5.91 Å². The largest absolute Gasteiger partial charge is 0.409 e. The van der Waals surface area contributed by atoms with Crippen molar-refractivity contribution in [2.24, 2.45) is 10.9 Å². The van der Waals surface area contributed by atoms with E-state index in [1.807, 2.05) is 0 Å². The third kappa shape index (κ3) is 3.07. The summed E-state index contributed by atoms with van der Waals surface area (Å²) in [7, 11) is 0. The van der Waals surface area contributed by atoms with E-state index >= 15 is 0 Å². The number of amidine groups is 1. The van der Waals surface area contributed by atoms with Crippen LogP contribution in [0.4, 0.5) is 4.39 Å². The normalized spacial score (nSPS) is 20.0. The molecule has 0 radical (unpaired) electrons. The lowest BCUT2D eigenvalue weighted by Crippen LogP contribution is -2.50. The summed E-state index contributed by atoms with van der Waals surface area (Å²) in [6, 6.07) is 4.16. The summed E-state index contributed by atoms with van der Waals surface area (Å²) < 4.78 is 19.6. The first-order chi connectivity index (χ1) is 9.52. The van der Waals surface area contributed by atoms with Crippen LogP contribution >= 0.6 is 15.9 Å². The van der Waals surface area contributed by atoms with Gasteiger partial charge in [-0.25, -0.2) is 4.39 Å². The summed E-state index contributed by atoms with van der Waals surface area (Å²) in [5, 5.41) is 11.5. The van der Waals surface area contributed by atoms with Gasteiger partial charge in [0.15, 0.2) is 5.84 Å². The Hall–Kier alpha value is -1.67. The quantitative estimate of drug-likeness (QED) is 0.364. The maximum atomic E-state index is 13.7. The number of nitrogens with zero attached hydrogens (tertiary/aromatic N) is 2. The molecule has 1 aromatic rings. The second-order valence-corrected chi connectivity index (χ2v) is 5.18. The van der Waals surface area contributed by atoms with Crippen molar-refractivity contribution in [3.8, 4) is 0 Å². The van der Waals surface area contributed by atoms with Crippen molar-refractivity contribution in [1.82, 2.24) is 4.90 Å². The van der Waals surface area contributed by atoms with Gasteiger partial charge in [-0.1, -0.05) is 21.1 Å². The zero-order chi connectivity index (χ0) is 14.7. The van der Waals surface area contributed by atoms with Crippen molar-refractivity contribution >= 4 is 27.7 Å². The molecule has 1 fully saturated rings. The number of carbonyl (C=O) groups is 1. The number of hydrogen-bond donors (Lipinski definition) is 2. The Morgan fingerprint density at radius 3 is 3.05 bits per heavy atom. The molecule has 0 aromatic heterocycles. The van der Waals surface area contributed by atoms with Gasteiger partial charge in [-0.3, -0.25) is 4.79 Å². The van der Waals surface area contributed by atoms with Gasteiger partial charge in [-0.15, -0.1) is 0 Å². The van der Waals surface area contributed by atoms with E-state index in [2.05, 4.69) is 21.1 Å². The van der Waals surface area contributed by atoms with Crippen LogP contribution < -0.4 is 5.73 Å². The van der Waals surface area contributed by atoms with Crippen LogP contribution in [0.25, 0.3) is 0 Å². The number of nitrogens with two attached hydrogens (primary N) is 1. The Morgan fingerprint density at radius 1 is 1.60 bits per heavy atom. The zero-order valence-corrected chi connectivity index (χ0v) is 12.0. The number of rotatable bonds is 2. The third-order valence-corrected chi connectivity index (χ3v) is 3.45. The number of halogens is 2. The molecule has 1 heterocycles. The van der Waals surface area contributed by atoms with Gasteiger partial charge in [0, 0.05) is 11.0 Å². The molecule has 20 heavy (non-hydrogen) atoms. The number of morpholine rings is 1. The Bertz CT molecular complexity index is 553. The molecule has 6 nitrogen and oxygen atoms in total. The number of ether oxygens (including phenoxy) is 1. The molecule has 1 unspecified atom stereocenters. The first kappa shape index (κ1) is 14.7. The Balaban J connectivity index is 2.18. The Morgan fingerprint density at radius 2 is 2.35 bits per heavy atom. The van der Waals surface area contributed by atoms with Crippen molar-refractivity contribution in [2.45, 2.75) is 6.10 Å². The van der Waals surface area contributed by atoms with E-state index in [0.29, 0.717) is 11.0 Å². The smallest absolute Gasteiger partial charge is 0.257 e. The maximum Gasteiger partial charge on any atom is 0.257 e. The number of amides is 1. The second kappa shape index (κ2) is 6.19. The molecule has 1 aliphatic rings. The molecule has 0 saturated carbocycles. The van der Waals surface area contributed by atoms with E-state index in [1.54, 1.807) is 0 Å². The lowest BCUT2D eigenvalue weighted by atomic mass is 10.1. The fourth-order valence-corrected chi connectivity index (χ4v) is 2.27. The maximum absolute atomic E-state index is 13.7. The summed E-state index contributed by atoms with van der Waals surface area (Å²) in [4.78, 5) is 13.7. The van der Waals surface area contributed by atoms with Gasteiger partial charge in [0.05, 0.1) is 18.7 Å². The van der Waals surface area contributed by atoms with Crippen molar-refractivity contribution in [2.75, 3.05) is 19.7 Å². The molecule has 8 heteroatoms. The molecule has 1 aliphatic heterocycles. The van der Waals surface area contributed by atoms with Crippen LogP contribution in [0.15, 0.2) is 27.8 Å². The first-order valence-corrected chi connectivity index (χ1v) is 6.65. The molecule has 1 saturated heterocycles. The minimum absolute atomic E-state index is 0.0282. The van der Waals surface area contributed by atoms with E-state index in [4.69, 9.17) is 15.7 Å². The number of benzene rings is 1. The van der Waals surface area contributed by atoms with Crippen LogP contribution in [0, 0.1) is 5.82 Å². The van der Waals surface area contributed by atoms with Crippen molar-refractivity contribution in [1.29, 1.82) is 0 Å². The van der Waals surface area contributed by atoms with Crippen LogP contribution in [0.3, 0.4) is 0 Å². The third-order valence-electron chi connectivity index (χ3n) is 2.96. The van der Waals surface area contributed by atoms with E-state index in [1.165, 1.54) is 23.1 Å². The van der Waals surface area contributed by atoms with Gasteiger partial charge >= 0.3 is 0 Å². The minimum Gasteiger partial charge on any atom is -0.409 e. The lowest BCUT2D eigenvalue weighted by molar-refractivity contribution is 0.00654. The SMILES string of the molecule is NC(=NO)C1CN(C(=O)c2cc(Br)ccc2F)CCO1. The number of oxime groups is 1. The molecular weight excluding hydrogens is 333 g/mol. The molecule has 0 aliphatic carbocycles. The molecule has 1 aromatic carbocycles. The van der Waals surface area contributed by atoms with E-state index in [9.17, 15) is 9.18 Å². The summed E-state index contributed by atoms with van der Waals surface area (Å²) >= 11 is 3.20. The van der Waals surface area contributed by atoms with Crippen LogP contribution in [-0.2, 0) is 4.74 Å². The predicted octanol–water partition coefficient (Wildman–Crippen LogP) is 1.18. The van der Waals surface area contributed by atoms with Gasteiger partial charge in [0.2, 0.25) is 0 Å². The fraction of sp³-hybridized carbons (Fsp3) is 0.333. The molecule has 1 atom stereocenters. The van der Waals surface area contributed by atoms with Crippen molar-refractivity contribution in [3.05, 3.63) is 34.1 Å². The summed E-state index contributed by atoms with van der Waals surface area (Å²) in [6.07, 6.45) is -0.687. The van der Waals surface area contributed by atoms with Gasteiger partial charge in [0.1, 0.15) is 11.9 Å². The lowest BCUT2D eigenvalue weighted by Gasteiger charge is -2.32. The molecule has 3 N–H and O–H groups in total. The average Bonchev–Trinajstić information content (AvgIpc) is 2.48. The highest BCUT2D eigenvalue weighted by Gasteiger charge is 2.28. The highest BCUT2D eigenvalue weighted by molar-refractivity contribution is 9.10. The molecule has 2 rings (SSSR count). The van der Waals surface area contributed by atoms with Gasteiger partial charge in [-0.2, -0.15) is 0 Å². The summed E-state index contributed by atoms with van der Waals surface area (Å²) in [5.41, 5.74) is 5.43. The topological polar surface area (TPSA) is 88.2 Å². The van der Waals surface area contributed by atoms with Crippen molar-refractivity contribution < 1.29 is 19.1 Å². The van der Waals surface area contributed by atoms with Crippen LogP contribution in [0.5, 0.6) is 0 Å². The van der Waals surface area contributed by atoms with Gasteiger partial charge < -0.3 is 20.6 Å². The zero-order valence-electron chi connectivity index (χ0n) is 10.4. The van der Waals surface area contributed by atoms with E-state index in [0.717, 1.165) is 0 Å². The van der Waals surface area contributed by atoms with E-state index < -0.39 is 17.8 Å². The van der Waals surface area contributed by atoms with Crippen molar-refractivity contribution in [3.63, 3.8) is 0 Å². The Labute approximate surface area is 123 Å². The first-order valence-electron chi connectivity index (χ1n) is 5.86. The van der Waals surface area contributed by atoms with E-state index in [-0.39, 0.29) is 24.6 Å². The summed E-state index contributed by atoms with van der Waals surface area (Å²) in [6.45, 7) is 0.670. The highest BCUT2D eigenvalue weighted by atomic mass is 79.9. The van der Waals surface area contributed by atoms with Gasteiger partial charge in [-0.05, 0) is 18.2 Å². The van der Waals surface area contributed by atoms with Crippen LogP contribution in [-0.4, -0.2) is 47.7 Å². The molecule has 1 amide bonds. The fourth-order valence-electron chi connectivity index (χ4n) is 1.91.